The van der Waals surface area contributed by atoms with Crippen molar-refractivity contribution in [2.75, 3.05) is 24.9 Å². The normalized spacial score (nSPS) is 16.0. The van der Waals surface area contributed by atoms with Crippen LogP contribution in [0, 0.1) is 0 Å². The number of fused-ring (bicyclic) bond motifs is 1. The Bertz CT molecular complexity index is 405. The van der Waals surface area contributed by atoms with E-state index in [2.05, 4.69) is 10.6 Å². The van der Waals surface area contributed by atoms with Crippen LogP contribution in [0.25, 0.3) is 0 Å². The van der Waals surface area contributed by atoms with Crippen LogP contribution in [0.5, 0.6) is 5.75 Å². The number of carbonyl (C=O) groups is 1. The summed E-state index contributed by atoms with van der Waals surface area (Å²) in [6.07, 6.45) is 0. The highest BCUT2D eigenvalue weighted by atomic mass is 35.5. The second-order valence-corrected chi connectivity index (χ2v) is 3.90. The molecule has 0 radical (unpaired) electrons. The van der Waals surface area contributed by atoms with E-state index in [1.165, 1.54) is 0 Å². The molecule has 5 heteroatoms. The van der Waals surface area contributed by atoms with Crippen LogP contribution in [0.1, 0.15) is 11.6 Å². The number of halogens is 1. The van der Waals surface area contributed by atoms with Gasteiger partial charge in [0.25, 0.3) is 5.91 Å². The summed E-state index contributed by atoms with van der Waals surface area (Å²) >= 11 is 5.83. The van der Waals surface area contributed by atoms with Crippen LogP contribution in [-0.2, 0) is 4.79 Å². The minimum atomic E-state index is -0.128. The van der Waals surface area contributed by atoms with E-state index in [1.54, 1.807) is 0 Å². The summed E-state index contributed by atoms with van der Waals surface area (Å²) in [5, 5.41) is 5.87. The zero-order valence-electron chi connectivity index (χ0n) is 8.92. The second-order valence-electron chi connectivity index (χ2n) is 3.59. The van der Waals surface area contributed by atoms with E-state index >= 15 is 0 Å². The van der Waals surface area contributed by atoms with Crippen LogP contribution in [-0.4, -0.2) is 25.4 Å². The SMILES string of the molecule is CNC(CCl)c1ccc2c(c1)NC(=O)CO2. The third kappa shape index (κ3) is 2.13. The molecule has 1 aromatic rings. The first-order chi connectivity index (χ1) is 7.74. The lowest BCUT2D eigenvalue weighted by Gasteiger charge is -2.20. The van der Waals surface area contributed by atoms with Crippen LogP contribution >= 0.6 is 11.6 Å². The Morgan fingerprint density at radius 3 is 3.12 bits per heavy atom. The quantitative estimate of drug-likeness (QED) is 0.788. The number of alkyl halides is 1. The Kier molecular flexibility index (Phi) is 3.31. The van der Waals surface area contributed by atoms with E-state index in [-0.39, 0.29) is 18.6 Å². The van der Waals surface area contributed by atoms with Crippen molar-refractivity contribution in [2.24, 2.45) is 0 Å². The molecule has 0 fully saturated rings. The Morgan fingerprint density at radius 1 is 1.62 bits per heavy atom. The molecule has 0 spiro atoms. The van der Waals surface area contributed by atoms with Gasteiger partial charge in [-0.2, -0.15) is 0 Å². The minimum absolute atomic E-state index is 0.0748. The van der Waals surface area contributed by atoms with E-state index in [0.717, 1.165) is 5.56 Å². The fraction of sp³-hybridized carbons (Fsp3) is 0.364. The highest BCUT2D eigenvalue weighted by molar-refractivity contribution is 6.18. The number of rotatable bonds is 3. The van der Waals surface area contributed by atoms with Crippen molar-refractivity contribution >= 4 is 23.2 Å². The smallest absolute Gasteiger partial charge is 0.262 e. The topological polar surface area (TPSA) is 50.4 Å². The summed E-state index contributed by atoms with van der Waals surface area (Å²) in [6.45, 7) is 0.0807. The average Bonchev–Trinajstić information content (AvgIpc) is 2.30. The number of anilines is 1. The zero-order valence-corrected chi connectivity index (χ0v) is 9.67. The van der Waals surface area contributed by atoms with Gasteiger partial charge in [-0.05, 0) is 24.7 Å². The Balaban J connectivity index is 2.30. The molecule has 2 rings (SSSR count). The van der Waals surface area contributed by atoms with Crippen molar-refractivity contribution in [1.82, 2.24) is 5.32 Å². The highest BCUT2D eigenvalue weighted by Crippen LogP contribution is 2.30. The summed E-state index contributed by atoms with van der Waals surface area (Å²) in [5.41, 5.74) is 1.74. The lowest BCUT2D eigenvalue weighted by Crippen LogP contribution is -2.26. The van der Waals surface area contributed by atoms with E-state index < -0.39 is 0 Å². The molecule has 1 unspecified atom stereocenters. The highest BCUT2D eigenvalue weighted by Gasteiger charge is 2.17. The van der Waals surface area contributed by atoms with Gasteiger partial charge in [-0.25, -0.2) is 0 Å². The number of ether oxygens (including phenoxy) is 1. The summed E-state index contributed by atoms with van der Waals surface area (Å²) in [5.74, 6) is 1.05. The molecule has 0 saturated heterocycles. The molecule has 0 bridgehead atoms. The summed E-state index contributed by atoms with van der Waals surface area (Å²) < 4.78 is 5.27. The number of carbonyl (C=O) groups excluding carboxylic acids is 1. The van der Waals surface area contributed by atoms with Gasteiger partial charge in [0.15, 0.2) is 6.61 Å². The summed E-state index contributed by atoms with van der Waals surface area (Å²) in [4.78, 5) is 11.2. The van der Waals surface area contributed by atoms with Gasteiger partial charge >= 0.3 is 0 Å². The van der Waals surface area contributed by atoms with Crippen molar-refractivity contribution in [1.29, 1.82) is 0 Å². The van der Waals surface area contributed by atoms with E-state index in [1.807, 2.05) is 25.2 Å². The largest absolute Gasteiger partial charge is 0.482 e. The van der Waals surface area contributed by atoms with Crippen LogP contribution in [0.15, 0.2) is 18.2 Å². The average molecular weight is 241 g/mol. The molecule has 1 aliphatic heterocycles. The number of hydrogen-bond acceptors (Lipinski definition) is 3. The van der Waals surface area contributed by atoms with Gasteiger partial charge in [-0.3, -0.25) is 4.79 Å². The number of amides is 1. The van der Waals surface area contributed by atoms with Gasteiger partial charge in [0, 0.05) is 11.9 Å². The Hall–Kier alpha value is -1.26. The first-order valence-electron chi connectivity index (χ1n) is 5.04. The maximum absolute atomic E-state index is 11.2. The predicted octanol–water partition coefficient (Wildman–Crippen LogP) is 1.52. The summed E-state index contributed by atoms with van der Waals surface area (Å²) in [6, 6.07) is 5.75. The molecule has 1 atom stereocenters. The third-order valence-corrected chi connectivity index (χ3v) is 2.85. The first kappa shape index (κ1) is 11.2. The van der Waals surface area contributed by atoms with Gasteiger partial charge in [0.1, 0.15) is 5.75 Å². The molecule has 86 valence electrons. The minimum Gasteiger partial charge on any atom is -0.482 e. The molecule has 1 aliphatic rings. The van der Waals surface area contributed by atoms with Crippen molar-refractivity contribution in [3.8, 4) is 5.75 Å². The van der Waals surface area contributed by atoms with Gasteiger partial charge in [-0.15, -0.1) is 11.6 Å². The monoisotopic (exact) mass is 240 g/mol. The first-order valence-corrected chi connectivity index (χ1v) is 5.58. The predicted molar refractivity (Wildman–Crippen MR) is 63.1 cm³/mol. The van der Waals surface area contributed by atoms with E-state index in [0.29, 0.717) is 17.3 Å². The molecule has 0 aliphatic carbocycles. The second kappa shape index (κ2) is 4.72. The van der Waals surface area contributed by atoms with Crippen LogP contribution in [0.3, 0.4) is 0 Å². The van der Waals surface area contributed by atoms with Crippen molar-refractivity contribution in [2.45, 2.75) is 6.04 Å². The number of nitrogens with one attached hydrogen (secondary N) is 2. The lowest BCUT2D eigenvalue weighted by molar-refractivity contribution is -0.118. The molecular weight excluding hydrogens is 228 g/mol. The standard InChI is InChI=1S/C11H13ClN2O2/c1-13-9(5-12)7-2-3-10-8(4-7)14-11(15)6-16-10/h2-4,9,13H,5-6H2,1H3,(H,14,15). The molecule has 1 amide bonds. The van der Waals surface area contributed by atoms with Crippen molar-refractivity contribution < 1.29 is 9.53 Å². The van der Waals surface area contributed by atoms with Crippen LogP contribution in [0.2, 0.25) is 0 Å². The van der Waals surface area contributed by atoms with Crippen LogP contribution < -0.4 is 15.4 Å². The van der Waals surface area contributed by atoms with Gasteiger partial charge in [-0.1, -0.05) is 6.07 Å². The fourth-order valence-corrected chi connectivity index (χ4v) is 1.98. The Morgan fingerprint density at radius 2 is 2.44 bits per heavy atom. The van der Waals surface area contributed by atoms with Gasteiger partial charge in [0.2, 0.25) is 0 Å². The molecule has 2 N–H and O–H groups in total. The Labute approximate surface area is 98.9 Å². The number of benzene rings is 1. The third-order valence-electron chi connectivity index (χ3n) is 2.54. The van der Waals surface area contributed by atoms with Crippen molar-refractivity contribution in [3.63, 3.8) is 0 Å². The van der Waals surface area contributed by atoms with Crippen molar-refractivity contribution in [3.05, 3.63) is 23.8 Å². The number of hydrogen-bond donors (Lipinski definition) is 2. The van der Waals surface area contributed by atoms with Gasteiger partial charge in [0.05, 0.1) is 5.69 Å². The molecule has 4 nitrogen and oxygen atoms in total. The lowest BCUT2D eigenvalue weighted by atomic mass is 10.1. The zero-order chi connectivity index (χ0) is 11.5. The van der Waals surface area contributed by atoms with E-state index in [9.17, 15) is 4.79 Å². The molecule has 1 heterocycles. The maximum atomic E-state index is 11.2. The summed E-state index contributed by atoms with van der Waals surface area (Å²) in [7, 11) is 1.85. The molecule has 16 heavy (non-hydrogen) atoms. The molecule has 1 aromatic carbocycles. The molecular formula is C11H13ClN2O2. The van der Waals surface area contributed by atoms with Crippen LogP contribution in [0.4, 0.5) is 5.69 Å². The maximum Gasteiger partial charge on any atom is 0.262 e. The van der Waals surface area contributed by atoms with E-state index in [4.69, 9.17) is 16.3 Å². The van der Waals surface area contributed by atoms with Gasteiger partial charge < -0.3 is 15.4 Å². The molecule has 0 aromatic heterocycles. The fourth-order valence-electron chi connectivity index (χ4n) is 1.65. The molecule has 0 saturated carbocycles.